The van der Waals surface area contributed by atoms with Crippen molar-refractivity contribution in [2.45, 2.75) is 122 Å². The Bertz CT molecular complexity index is 838. The fourth-order valence-electron chi connectivity index (χ4n) is 6.40. The summed E-state index contributed by atoms with van der Waals surface area (Å²) in [7, 11) is 0. The molecule has 0 aliphatic carbocycles. The molecule has 0 aromatic heterocycles. The molecule has 2 bridgehead atoms. The SMILES string of the molecule is CC(C)(C)CCCCCC(=O)N1[C@H]2CC[C@H]1CC(NC(=O)[C@H]1[C@@H](O)CCN1Cc1ccccc1)C2. The van der Waals surface area contributed by atoms with E-state index < -0.39 is 12.1 Å². The van der Waals surface area contributed by atoms with Gasteiger partial charge < -0.3 is 15.3 Å². The van der Waals surface area contributed by atoms with Crippen LogP contribution in [0.5, 0.6) is 0 Å². The summed E-state index contributed by atoms with van der Waals surface area (Å²) >= 11 is 0. The summed E-state index contributed by atoms with van der Waals surface area (Å²) in [6.07, 6.45) is 8.88. The first-order valence-corrected chi connectivity index (χ1v) is 13.8. The molecular formula is C29H45N3O3. The first-order chi connectivity index (χ1) is 16.7. The Morgan fingerprint density at radius 2 is 1.69 bits per heavy atom. The number of benzene rings is 1. The number of carbonyl (C=O) groups excluding carboxylic acids is 2. The Labute approximate surface area is 211 Å². The molecule has 3 heterocycles. The van der Waals surface area contributed by atoms with Gasteiger partial charge >= 0.3 is 0 Å². The lowest BCUT2D eigenvalue weighted by Gasteiger charge is -2.40. The summed E-state index contributed by atoms with van der Waals surface area (Å²) in [5, 5.41) is 13.8. The van der Waals surface area contributed by atoms with Gasteiger partial charge in [0, 0.05) is 37.6 Å². The number of piperidine rings is 1. The van der Waals surface area contributed by atoms with Gasteiger partial charge in [0.05, 0.1) is 6.10 Å². The maximum absolute atomic E-state index is 13.3. The molecule has 1 aromatic rings. The highest BCUT2D eigenvalue weighted by molar-refractivity contribution is 5.83. The number of carbonyl (C=O) groups is 2. The summed E-state index contributed by atoms with van der Waals surface area (Å²) in [4.78, 5) is 30.5. The summed E-state index contributed by atoms with van der Waals surface area (Å²) in [6, 6.07) is 10.2. The van der Waals surface area contributed by atoms with E-state index in [4.69, 9.17) is 0 Å². The average Bonchev–Trinajstić information content (AvgIpc) is 3.29. The van der Waals surface area contributed by atoms with Crippen molar-refractivity contribution in [3.8, 4) is 0 Å². The molecule has 6 heteroatoms. The van der Waals surface area contributed by atoms with E-state index >= 15 is 0 Å². The summed E-state index contributed by atoms with van der Waals surface area (Å²) in [6.45, 7) is 8.21. The lowest BCUT2D eigenvalue weighted by Crippen LogP contribution is -2.56. The van der Waals surface area contributed by atoms with Gasteiger partial charge in [-0.25, -0.2) is 0 Å². The molecule has 194 valence electrons. The van der Waals surface area contributed by atoms with E-state index in [1.54, 1.807) is 0 Å². The maximum atomic E-state index is 13.3. The third kappa shape index (κ3) is 6.85. The monoisotopic (exact) mass is 483 g/mol. The van der Waals surface area contributed by atoms with Gasteiger partial charge in [-0.2, -0.15) is 0 Å². The Balaban J connectivity index is 1.26. The minimum absolute atomic E-state index is 0.0612. The molecule has 0 spiro atoms. The standard InChI is InChI=1S/C29H45N3O3/c1-29(2,3)16-9-5-8-12-26(34)32-23-13-14-24(32)19-22(18-23)30-28(35)27-25(33)15-17-31(27)20-21-10-6-4-7-11-21/h4,6-7,10-11,22-25,27,33H,5,8-9,12-20H2,1-3H3,(H,30,35)/t23-,24-,25-,27+/m0/s1. The number of hydrogen-bond acceptors (Lipinski definition) is 4. The van der Waals surface area contributed by atoms with E-state index in [0.717, 1.165) is 50.6 Å². The van der Waals surface area contributed by atoms with Crippen molar-refractivity contribution in [1.29, 1.82) is 0 Å². The highest BCUT2D eigenvalue weighted by Gasteiger charge is 2.45. The molecule has 0 saturated carbocycles. The van der Waals surface area contributed by atoms with Crippen molar-refractivity contribution in [3.63, 3.8) is 0 Å². The summed E-state index contributed by atoms with van der Waals surface area (Å²) < 4.78 is 0. The molecule has 4 atom stereocenters. The third-order valence-corrected chi connectivity index (χ3v) is 8.15. The van der Waals surface area contributed by atoms with Crippen LogP contribution in [0.1, 0.15) is 90.5 Å². The van der Waals surface area contributed by atoms with Crippen LogP contribution in [0.15, 0.2) is 30.3 Å². The second kappa shape index (κ2) is 11.4. The van der Waals surface area contributed by atoms with Crippen LogP contribution >= 0.6 is 0 Å². The topological polar surface area (TPSA) is 72.9 Å². The maximum Gasteiger partial charge on any atom is 0.240 e. The van der Waals surface area contributed by atoms with Gasteiger partial charge in [0.2, 0.25) is 11.8 Å². The largest absolute Gasteiger partial charge is 0.391 e. The van der Waals surface area contributed by atoms with E-state index in [9.17, 15) is 14.7 Å². The Morgan fingerprint density at radius 1 is 1.00 bits per heavy atom. The van der Waals surface area contributed by atoms with Gasteiger partial charge in [0.25, 0.3) is 0 Å². The van der Waals surface area contributed by atoms with Crippen LogP contribution in [-0.2, 0) is 16.1 Å². The minimum atomic E-state index is -0.629. The number of hydrogen-bond donors (Lipinski definition) is 2. The normalized spacial score (nSPS) is 28.9. The van der Waals surface area contributed by atoms with Crippen LogP contribution in [0.25, 0.3) is 0 Å². The molecule has 2 N–H and O–H groups in total. The van der Waals surface area contributed by atoms with Crippen molar-refractivity contribution < 1.29 is 14.7 Å². The Kier molecular flexibility index (Phi) is 8.54. The van der Waals surface area contributed by atoms with E-state index in [1.165, 1.54) is 12.8 Å². The molecule has 35 heavy (non-hydrogen) atoms. The van der Waals surface area contributed by atoms with Gasteiger partial charge in [-0.15, -0.1) is 0 Å². The smallest absolute Gasteiger partial charge is 0.240 e. The molecule has 3 fully saturated rings. The quantitative estimate of drug-likeness (QED) is 0.515. The van der Waals surface area contributed by atoms with Gasteiger partial charge in [0.15, 0.2) is 0 Å². The molecule has 2 amide bonds. The number of fused-ring (bicyclic) bond motifs is 2. The molecule has 4 rings (SSSR count). The van der Waals surface area contributed by atoms with E-state index in [0.29, 0.717) is 30.7 Å². The van der Waals surface area contributed by atoms with Crippen LogP contribution in [0.4, 0.5) is 0 Å². The Hall–Kier alpha value is -1.92. The lowest BCUT2D eigenvalue weighted by atomic mass is 9.89. The predicted octanol–water partition coefficient (Wildman–Crippen LogP) is 4.26. The van der Waals surface area contributed by atoms with Gasteiger partial charge in [-0.1, -0.05) is 63.9 Å². The molecule has 3 saturated heterocycles. The molecule has 1 aromatic carbocycles. The Morgan fingerprint density at radius 3 is 2.34 bits per heavy atom. The van der Waals surface area contributed by atoms with Crippen molar-refractivity contribution in [2.75, 3.05) is 6.54 Å². The predicted molar refractivity (Wildman–Crippen MR) is 139 cm³/mol. The second-order valence-corrected chi connectivity index (χ2v) is 12.2. The zero-order valence-electron chi connectivity index (χ0n) is 21.9. The fourth-order valence-corrected chi connectivity index (χ4v) is 6.40. The zero-order chi connectivity index (χ0) is 25.0. The van der Waals surface area contributed by atoms with E-state index in [2.05, 4.69) is 48.0 Å². The van der Waals surface area contributed by atoms with E-state index in [1.807, 2.05) is 18.2 Å². The molecular weight excluding hydrogens is 438 g/mol. The number of nitrogens with zero attached hydrogens (tertiary/aromatic N) is 2. The van der Waals surface area contributed by atoms with Crippen LogP contribution < -0.4 is 5.32 Å². The number of rotatable bonds is 9. The lowest BCUT2D eigenvalue weighted by molar-refractivity contribution is -0.136. The third-order valence-electron chi connectivity index (χ3n) is 8.15. The zero-order valence-corrected chi connectivity index (χ0v) is 21.9. The molecule has 0 unspecified atom stereocenters. The molecule has 3 aliphatic rings. The van der Waals surface area contributed by atoms with Crippen molar-refractivity contribution in [3.05, 3.63) is 35.9 Å². The number of unbranched alkanes of at least 4 members (excludes halogenated alkanes) is 2. The van der Waals surface area contributed by atoms with Crippen LogP contribution in [0.3, 0.4) is 0 Å². The number of aliphatic hydroxyl groups is 1. The van der Waals surface area contributed by atoms with Crippen LogP contribution in [-0.4, -0.2) is 63.5 Å². The van der Waals surface area contributed by atoms with Crippen LogP contribution in [0.2, 0.25) is 0 Å². The minimum Gasteiger partial charge on any atom is -0.391 e. The fraction of sp³-hybridized carbons (Fsp3) is 0.724. The number of nitrogens with one attached hydrogen (secondary N) is 1. The molecule has 0 radical (unpaired) electrons. The van der Waals surface area contributed by atoms with Crippen LogP contribution in [0, 0.1) is 5.41 Å². The van der Waals surface area contributed by atoms with Gasteiger partial charge in [-0.3, -0.25) is 14.5 Å². The number of amides is 2. The van der Waals surface area contributed by atoms with Gasteiger partial charge in [-0.05, 0) is 55.9 Å². The first-order valence-electron chi connectivity index (χ1n) is 13.8. The number of likely N-dealkylation sites (tertiary alicyclic amines) is 1. The van der Waals surface area contributed by atoms with Crippen molar-refractivity contribution in [1.82, 2.24) is 15.1 Å². The summed E-state index contributed by atoms with van der Waals surface area (Å²) in [5.41, 5.74) is 1.52. The average molecular weight is 484 g/mol. The highest BCUT2D eigenvalue weighted by Crippen LogP contribution is 2.37. The number of aliphatic hydroxyl groups excluding tert-OH is 1. The first kappa shape index (κ1) is 26.2. The van der Waals surface area contributed by atoms with Gasteiger partial charge in [0.1, 0.15) is 6.04 Å². The molecule has 6 nitrogen and oxygen atoms in total. The highest BCUT2D eigenvalue weighted by atomic mass is 16.3. The molecule has 3 aliphatic heterocycles. The second-order valence-electron chi connectivity index (χ2n) is 12.2. The van der Waals surface area contributed by atoms with Crippen molar-refractivity contribution >= 4 is 11.8 Å². The van der Waals surface area contributed by atoms with E-state index in [-0.39, 0.29) is 24.0 Å². The van der Waals surface area contributed by atoms with Crippen molar-refractivity contribution in [2.24, 2.45) is 5.41 Å². The summed E-state index contributed by atoms with van der Waals surface area (Å²) in [5.74, 6) is 0.243.